The molecule has 0 saturated carbocycles. The quantitative estimate of drug-likeness (QED) is 0.832. The first-order valence-electron chi connectivity index (χ1n) is 6.38. The van der Waals surface area contributed by atoms with Crippen LogP contribution in [0.3, 0.4) is 0 Å². The fourth-order valence-corrected chi connectivity index (χ4v) is 1.94. The Labute approximate surface area is 113 Å². The summed E-state index contributed by atoms with van der Waals surface area (Å²) in [5.41, 5.74) is 1.20. The second-order valence-electron chi connectivity index (χ2n) is 4.26. The zero-order chi connectivity index (χ0) is 13.5. The summed E-state index contributed by atoms with van der Waals surface area (Å²) in [4.78, 5) is 6.58. The molecule has 1 aromatic heterocycles. The normalized spacial score (nSPS) is 10.2. The van der Waals surface area contributed by atoms with Gasteiger partial charge in [-0.25, -0.2) is 4.98 Å². The molecule has 1 heterocycles. The lowest BCUT2D eigenvalue weighted by Crippen LogP contribution is -2.27. The third-order valence-electron chi connectivity index (χ3n) is 2.90. The number of hydrogen-bond donors (Lipinski definition) is 2. The molecule has 0 amide bonds. The van der Waals surface area contributed by atoms with Gasteiger partial charge in [-0.2, -0.15) is 0 Å². The second kappa shape index (κ2) is 6.75. The van der Waals surface area contributed by atoms with Crippen molar-refractivity contribution in [2.24, 2.45) is 0 Å². The van der Waals surface area contributed by atoms with Crippen LogP contribution in [0.4, 0.5) is 11.6 Å². The Kier molecular flexibility index (Phi) is 4.75. The van der Waals surface area contributed by atoms with Crippen molar-refractivity contribution in [1.82, 2.24) is 4.98 Å². The number of aliphatic hydroxyl groups excluding tert-OH is 1. The smallest absolute Gasteiger partial charge is 0.131 e. The SMILES string of the molecule is CNc1cccc(N(CCO)Cc2ccccc2)n1. The van der Waals surface area contributed by atoms with E-state index in [0.717, 1.165) is 18.2 Å². The van der Waals surface area contributed by atoms with Gasteiger partial charge in [-0.05, 0) is 17.7 Å². The highest BCUT2D eigenvalue weighted by molar-refractivity contribution is 5.47. The summed E-state index contributed by atoms with van der Waals surface area (Å²) in [6, 6.07) is 16.0. The molecule has 2 aromatic rings. The minimum atomic E-state index is 0.109. The molecule has 4 heteroatoms. The van der Waals surface area contributed by atoms with Gasteiger partial charge in [0.1, 0.15) is 11.6 Å². The first-order chi connectivity index (χ1) is 9.33. The van der Waals surface area contributed by atoms with Crippen LogP contribution >= 0.6 is 0 Å². The first-order valence-corrected chi connectivity index (χ1v) is 6.38. The Morgan fingerprint density at radius 2 is 1.89 bits per heavy atom. The lowest BCUT2D eigenvalue weighted by Gasteiger charge is -2.23. The molecule has 100 valence electrons. The van der Waals surface area contributed by atoms with E-state index in [0.29, 0.717) is 6.54 Å². The van der Waals surface area contributed by atoms with E-state index in [4.69, 9.17) is 0 Å². The molecular formula is C15H19N3O. The van der Waals surface area contributed by atoms with Gasteiger partial charge in [0, 0.05) is 20.1 Å². The van der Waals surface area contributed by atoms with Gasteiger partial charge in [0.2, 0.25) is 0 Å². The van der Waals surface area contributed by atoms with Crippen molar-refractivity contribution in [1.29, 1.82) is 0 Å². The maximum Gasteiger partial charge on any atom is 0.131 e. The van der Waals surface area contributed by atoms with Crippen LogP contribution in [0.5, 0.6) is 0 Å². The van der Waals surface area contributed by atoms with E-state index in [1.165, 1.54) is 5.56 Å². The van der Waals surface area contributed by atoms with E-state index in [1.807, 2.05) is 43.4 Å². The van der Waals surface area contributed by atoms with Crippen LogP contribution in [0.1, 0.15) is 5.56 Å². The number of nitrogens with zero attached hydrogens (tertiary/aromatic N) is 2. The van der Waals surface area contributed by atoms with Crippen LogP contribution in [0.15, 0.2) is 48.5 Å². The first kappa shape index (κ1) is 13.4. The number of anilines is 2. The predicted molar refractivity (Wildman–Crippen MR) is 78.4 cm³/mol. The van der Waals surface area contributed by atoms with Crippen molar-refractivity contribution < 1.29 is 5.11 Å². The van der Waals surface area contributed by atoms with E-state index in [-0.39, 0.29) is 6.61 Å². The van der Waals surface area contributed by atoms with Crippen molar-refractivity contribution in [3.8, 4) is 0 Å². The van der Waals surface area contributed by atoms with Gasteiger partial charge in [-0.15, -0.1) is 0 Å². The van der Waals surface area contributed by atoms with Crippen LogP contribution in [0, 0.1) is 0 Å². The van der Waals surface area contributed by atoms with E-state index in [2.05, 4.69) is 27.3 Å². The number of aliphatic hydroxyl groups is 1. The highest BCUT2D eigenvalue weighted by Gasteiger charge is 2.08. The fourth-order valence-electron chi connectivity index (χ4n) is 1.94. The Hall–Kier alpha value is -2.07. The van der Waals surface area contributed by atoms with Gasteiger partial charge in [0.15, 0.2) is 0 Å². The van der Waals surface area contributed by atoms with E-state index in [1.54, 1.807) is 0 Å². The Bertz CT molecular complexity index is 502. The zero-order valence-electron chi connectivity index (χ0n) is 11.1. The van der Waals surface area contributed by atoms with Gasteiger partial charge in [-0.1, -0.05) is 36.4 Å². The minimum Gasteiger partial charge on any atom is -0.395 e. The average molecular weight is 257 g/mol. The van der Waals surface area contributed by atoms with Gasteiger partial charge in [-0.3, -0.25) is 0 Å². The molecule has 0 radical (unpaired) electrons. The second-order valence-corrected chi connectivity index (χ2v) is 4.26. The molecule has 0 spiro atoms. The number of nitrogens with one attached hydrogen (secondary N) is 1. The van der Waals surface area contributed by atoms with E-state index in [9.17, 15) is 5.11 Å². The Morgan fingerprint density at radius 1 is 1.11 bits per heavy atom. The lowest BCUT2D eigenvalue weighted by molar-refractivity contribution is 0.301. The summed E-state index contributed by atoms with van der Waals surface area (Å²) in [6.45, 7) is 1.41. The number of benzene rings is 1. The summed E-state index contributed by atoms with van der Waals surface area (Å²) in [7, 11) is 1.85. The molecule has 0 aliphatic rings. The van der Waals surface area contributed by atoms with Crippen LogP contribution in [0.25, 0.3) is 0 Å². The van der Waals surface area contributed by atoms with Crippen LogP contribution in [-0.2, 0) is 6.54 Å². The summed E-state index contributed by atoms with van der Waals surface area (Å²) in [5, 5.41) is 12.2. The molecular weight excluding hydrogens is 238 g/mol. The third kappa shape index (κ3) is 3.69. The van der Waals surface area contributed by atoms with Crippen molar-refractivity contribution in [2.45, 2.75) is 6.54 Å². The Morgan fingerprint density at radius 3 is 2.58 bits per heavy atom. The predicted octanol–water partition coefficient (Wildman–Crippen LogP) is 2.12. The van der Waals surface area contributed by atoms with Gasteiger partial charge < -0.3 is 15.3 Å². The number of aromatic nitrogens is 1. The molecule has 0 aliphatic carbocycles. The highest BCUT2D eigenvalue weighted by atomic mass is 16.3. The Balaban J connectivity index is 2.19. The van der Waals surface area contributed by atoms with Crippen molar-refractivity contribution in [3.63, 3.8) is 0 Å². The van der Waals surface area contributed by atoms with Gasteiger partial charge >= 0.3 is 0 Å². The summed E-state index contributed by atoms with van der Waals surface area (Å²) < 4.78 is 0. The number of pyridine rings is 1. The number of hydrogen-bond acceptors (Lipinski definition) is 4. The molecule has 0 unspecified atom stereocenters. The highest BCUT2D eigenvalue weighted by Crippen LogP contribution is 2.16. The maximum absolute atomic E-state index is 9.22. The average Bonchev–Trinajstić information content (AvgIpc) is 2.48. The lowest BCUT2D eigenvalue weighted by atomic mass is 10.2. The van der Waals surface area contributed by atoms with Crippen LogP contribution in [0.2, 0.25) is 0 Å². The molecule has 19 heavy (non-hydrogen) atoms. The standard InChI is InChI=1S/C15H19N3O/c1-16-14-8-5-9-15(17-14)18(10-11-19)12-13-6-3-2-4-7-13/h2-9,19H,10-12H2,1H3,(H,16,17). The molecule has 1 aromatic carbocycles. The topological polar surface area (TPSA) is 48.4 Å². The van der Waals surface area contributed by atoms with Gasteiger partial charge in [0.05, 0.1) is 6.61 Å². The minimum absolute atomic E-state index is 0.109. The largest absolute Gasteiger partial charge is 0.395 e. The van der Waals surface area contributed by atoms with Crippen LogP contribution < -0.4 is 10.2 Å². The molecule has 0 fully saturated rings. The molecule has 4 nitrogen and oxygen atoms in total. The van der Waals surface area contributed by atoms with Crippen molar-refractivity contribution in [2.75, 3.05) is 30.4 Å². The van der Waals surface area contributed by atoms with Crippen molar-refractivity contribution >= 4 is 11.6 Å². The maximum atomic E-state index is 9.22. The summed E-state index contributed by atoms with van der Waals surface area (Å²) >= 11 is 0. The van der Waals surface area contributed by atoms with Crippen LogP contribution in [-0.4, -0.2) is 30.3 Å². The fraction of sp³-hybridized carbons (Fsp3) is 0.267. The third-order valence-corrected chi connectivity index (χ3v) is 2.90. The summed E-state index contributed by atoms with van der Waals surface area (Å²) in [5.74, 6) is 1.69. The van der Waals surface area contributed by atoms with E-state index < -0.39 is 0 Å². The molecule has 0 aliphatic heterocycles. The van der Waals surface area contributed by atoms with Crippen molar-refractivity contribution in [3.05, 3.63) is 54.1 Å². The molecule has 0 atom stereocenters. The summed E-state index contributed by atoms with van der Waals surface area (Å²) in [6.07, 6.45) is 0. The van der Waals surface area contributed by atoms with E-state index >= 15 is 0 Å². The number of rotatable bonds is 6. The van der Waals surface area contributed by atoms with Gasteiger partial charge in [0.25, 0.3) is 0 Å². The molecule has 2 N–H and O–H groups in total. The molecule has 2 rings (SSSR count). The zero-order valence-corrected chi connectivity index (χ0v) is 11.1. The molecule has 0 saturated heterocycles. The molecule has 0 bridgehead atoms. The monoisotopic (exact) mass is 257 g/mol.